The lowest BCUT2D eigenvalue weighted by Gasteiger charge is -2.19. The van der Waals surface area contributed by atoms with E-state index in [1.165, 1.54) is 6.42 Å². The zero-order chi connectivity index (χ0) is 14.8. The molecule has 1 aliphatic heterocycles. The number of hydrogen-bond acceptors (Lipinski definition) is 3. The molecule has 2 aromatic rings. The first-order valence-electron chi connectivity index (χ1n) is 7.42. The fourth-order valence-electron chi connectivity index (χ4n) is 2.97. The minimum absolute atomic E-state index is 0.0463. The summed E-state index contributed by atoms with van der Waals surface area (Å²) in [6.45, 7) is 3.13. The third kappa shape index (κ3) is 2.88. The average Bonchev–Trinajstić information content (AvgIpc) is 2.94. The molecule has 0 bridgehead atoms. The van der Waals surface area contributed by atoms with Crippen LogP contribution in [0.1, 0.15) is 45.9 Å². The molecule has 0 aliphatic carbocycles. The highest BCUT2D eigenvalue weighted by Crippen LogP contribution is 2.30. The number of carbonyl (C=O) groups excluding carboxylic acids is 1. The Kier molecular flexibility index (Phi) is 3.84. The zero-order valence-corrected chi connectivity index (χ0v) is 12.5. The molecular weight excluding hydrogens is 260 g/mol. The highest BCUT2D eigenvalue weighted by molar-refractivity contribution is 6.08. The molecule has 0 saturated carbocycles. The van der Waals surface area contributed by atoms with Gasteiger partial charge in [-0.25, -0.2) is 0 Å². The van der Waals surface area contributed by atoms with Crippen molar-refractivity contribution in [2.45, 2.75) is 25.8 Å². The van der Waals surface area contributed by atoms with E-state index in [9.17, 15) is 4.79 Å². The number of ketones is 1. The molecule has 0 radical (unpaired) electrons. The first-order valence-corrected chi connectivity index (χ1v) is 7.42. The second-order valence-corrected chi connectivity index (χ2v) is 5.84. The van der Waals surface area contributed by atoms with Crippen molar-refractivity contribution < 1.29 is 4.79 Å². The summed E-state index contributed by atoms with van der Waals surface area (Å²) < 4.78 is 0. The van der Waals surface area contributed by atoms with Crippen LogP contribution in [-0.2, 0) is 0 Å². The molecule has 1 aromatic carbocycles. The van der Waals surface area contributed by atoms with Gasteiger partial charge in [0, 0.05) is 29.6 Å². The van der Waals surface area contributed by atoms with Crippen molar-refractivity contribution in [3.05, 3.63) is 65.0 Å². The van der Waals surface area contributed by atoms with E-state index in [1.807, 2.05) is 43.5 Å². The zero-order valence-electron chi connectivity index (χ0n) is 12.5. The summed E-state index contributed by atoms with van der Waals surface area (Å²) >= 11 is 0. The van der Waals surface area contributed by atoms with Gasteiger partial charge >= 0.3 is 0 Å². The lowest BCUT2D eigenvalue weighted by atomic mass is 10.00. The van der Waals surface area contributed by atoms with E-state index >= 15 is 0 Å². The molecule has 1 fully saturated rings. The van der Waals surface area contributed by atoms with Crippen LogP contribution >= 0.6 is 0 Å². The highest BCUT2D eigenvalue weighted by Gasteiger charge is 2.23. The van der Waals surface area contributed by atoms with Crippen molar-refractivity contribution in [3.63, 3.8) is 0 Å². The summed E-state index contributed by atoms with van der Waals surface area (Å²) in [4.78, 5) is 19.2. The van der Waals surface area contributed by atoms with Crippen LogP contribution in [0, 0.1) is 6.92 Å². The largest absolute Gasteiger partial charge is 0.299 e. The SMILES string of the molecule is Cc1ccc(C(=O)c2cncc(C3CCCN3C)c2)cc1. The lowest BCUT2D eigenvalue weighted by molar-refractivity contribution is 0.103. The van der Waals surface area contributed by atoms with E-state index in [0.717, 1.165) is 29.7 Å². The van der Waals surface area contributed by atoms with Gasteiger partial charge in [0.05, 0.1) is 0 Å². The third-order valence-corrected chi connectivity index (χ3v) is 4.24. The quantitative estimate of drug-likeness (QED) is 0.808. The molecule has 3 rings (SSSR count). The predicted molar refractivity (Wildman–Crippen MR) is 83.5 cm³/mol. The highest BCUT2D eigenvalue weighted by atomic mass is 16.1. The number of nitrogens with zero attached hydrogens (tertiary/aromatic N) is 2. The molecule has 1 atom stereocenters. The molecule has 1 unspecified atom stereocenters. The van der Waals surface area contributed by atoms with Crippen molar-refractivity contribution in [2.75, 3.05) is 13.6 Å². The van der Waals surface area contributed by atoms with Crippen LogP contribution in [0.3, 0.4) is 0 Å². The fraction of sp³-hybridized carbons (Fsp3) is 0.333. The van der Waals surface area contributed by atoms with E-state index in [0.29, 0.717) is 11.6 Å². The summed E-state index contributed by atoms with van der Waals surface area (Å²) in [5.74, 6) is 0.0463. The number of carbonyl (C=O) groups is 1. The van der Waals surface area contributed by atoms with Gasteiger partial charge in [-0.05, 0) is 45.0 Å². The van der Waals surface area contributed by atoms with E-state index in [4.69, 9.17) is 0 Å². The summed E-state index contributed by atoms with van der Waals surface area (Å²) in [6.07, 6.45) is 5.90. The number of aryl methyl sites for hydroxylation is 1. The molecular formula is C18H20N2O. The van der Waals surface area contributed by atoms with Crippen molar-refractivity contribution >= 4 is 5.78 Å². The normalized spacial score (nSPS) is 18.9. The van der Waals surface area contributed by atoms with Crippen LogP contribution in [0.2, 0.25) is 0 Å². The molecule has 3 heteroatoms. The fourth-order valence-corrected chi connectivity index (χ4v) is 2.97. The van der Waals surface area contributed by atoms with E-state index < -0.39 is 0 Å². The maximum absolute atomic E-state index is 12.6. The van der Waals surface area contributed by atoms with Crippen molar-refractivity contribution in [1.29, 1.82) is 0 Å². The smallest absolute Gasteiger partial charge is 0.194 e. The Morgan fingerprint density at radius 3 is 2.62 bits per heavy atom. The molecule has 0 amide bonds. The number of likely N-dealkylation sites (tertiary alicyclic amines) is 1. The van der Waals surface area contributed by atoms with Gasteiger partial charge in [-0.3, -0.25) is 14.7 Å². The van der Waals surface area contributed by atoms with Crippen LogP contribution < -0.4 is 0 Å². The first kappa shape index (κ1) is 14.0. The lowest BCUT2D eigenvalue weighted by Crippen LogP contribution is -2.18. The maximum atomic E-state index is 12.6. The molecule has 1 saturated heterocycles. The molecule has 1 aliphatic rings. The third-order valence-electron chi connectivity index (χ3n) is 4.24. The van der Waals surface area contributed by atoms with E-state index in [1.54, 1.807) is 6.20 Å². The molecule has 0 spiro atoms. The minimum atomic E-state index is 0.0463. The minimum Gasteiger partial charge on any atom is -0.299 e. The Bertz CT molecular complexity index is 649. The van der Waals surface area contributed by atoms with Gasteiger partial charge in [0.15, 0.2) is 5.78 Å². The van der Waals surface area contributed by atoms with Crippen molar-refractivity contribution in [3.8, 4) is 0 Å². The number of pyridine rings is 1. The Balaban J connectivity index is 1.88. The second kappa shape index (κ2) is 5.78. The molecule has 2 heterocycles. The summed E-state index contributed by atoms with van der Waals surface area (Å²) in [7, 11) is 2.13. The van der Waals surface area contributed by atoms with Crippen molar-refractivity contribution in [1.82, 2.24) is 9.88 Å². The Morgan fingerprint density at radius 1 is 1.19 bits per heavy atom. The van der Waals surface area contributed by atoms with Crippen LogP contribution in [0.15, 0.2) is 42.7 Å². The van der Waals surface area contributed by atoms with Crippen molar-refractivity contribution in [2.24, 2.45) is 0 Å². The van der Waals surface area contributed by atoms with Gasteiger partial charge < -0.3 is 0 Å². The second-order valence-electron chi connectivity index (χ2n) is 5.84. The average molecular weight is 280 g/mol. The van der Waals surface area contributed by atoms with E-state index in [-0.39, 0.29) is 5.78 Å². The van der Waals surface area contributed by atoms with E-state index in [2.05, 4.69) is 16.9 Å². The molecule has 1 aromatic heterocycles. The Labute approximate surface area is 125 Å². The first-order chi connectivity index (χ1) is 10.1. The predicted octanol–water partition coefficient (Wildman–Crippen LogP) is 3.39. The van der Waals surface area contributed by atoms with Gasteiger partial charge in [-0.15, -0.1) is 0 Å². The summed E-state index contributed by atoms with van der Waals surface area (Å²) in [6, 6.07) is 10.1. The van der Waals surface area contributed by atoms with Crippen LogP contribution in [0.25, 0.3) is 0 Å². The number of benzene rings is 1. The molecule has 21 heavy (non-hydrogen) atoms. The van der Waals surface area contributed by atoms with Gasteiger partial charge in [0.2, 0.25) is 0 Å². The number of hydrogen-bond donors (Lipinski definition) is 0. The van der Waals surface area contributed by atoms with Gasteiger partial charge in [0.25, 0.3) is 0 Å². The maximum Gasteiger partial charge on any atom is 0.194 e. The van der Waals surface area contributed by atoms with Gasteiger partial charge in [0.1, 0.15) is 0 Å². The number of aromatic nitrogens is 1. The number of rotatable bonds is 3. The van der Waals surface area contributed by atoms with Crippen LogP contribution in [-0.4, -0.2) is 29.3 Å². The Morgan fingerprint density at radius 2 is 1.95 bits per heavy atom. The standard InChI is InChI=1S/C18H20N2O/c1-13-5-7-14(8-6-13)18(21)16-10-15(11-19-12-16)17-4-3-9-20(17)2/h5-8,10-12,17H,3-4,9H2,1-2H3. The molecule has 108 valence electrons. The molecule has 3 nitrogen and oxygen atoms in total. The molecule has 0 N–H and O–H groups in total. The topological polar surface area (TPSA) is 33.2 Å². The van der Waals surface area contributed by atoms with Gasteiger partial charge in [-0.1, -0.05) is 29.8 Å². The Hall–Kier alpha value is -2.00. The van der Waals surface area contributed by atoms with Gasteiger partial charge in [-0.2, -0.15) is 0 Å². The summed E-state index contributed by atoms with van der Waals surface area (Å²) in [5, 5.41) is 0. The summed E-state index contributed by atoms with van der Waals surface area (Å²) in [5.41, 5.74) is 3.70. The van der Waals surface area contributed by atoms with Crippen LogP contribution in [0.4, 0.5) is 0 Å². The monoisotopic (exact) mass is 280 g/mol. The van der Waals surface area contributed by atoms with Crippen LogP contribution in [0.5, 0.6) is 0 Å².